The van der Waals surface area contributed by atoms with Gasteiger partial charge < -0.3 is 8.92 Å². The Morgan fingerprint density at radius 2 is 1.71 bits per heavy atom. The highest BCUT2D eigenvalue weighted by Crippen LogP contribution is 2.31. The van der Waals surface area contributed by atoms with Crippen molar-refractivity contribution in [1.82, 2.24) is 4.98 Å². The summed E-state index contributed by atoms with van der Waals surface area (Å²) in [5.74, 6) is 0.997. The van der Waals surface area contributed by atoms with Crippen molar-refractivity contribution < 1.29 is 17.3 Å². The third-order valence-corrected chi connectivity index (χ3v) is 6.69. The smallest absolute Gasteiger partial charge is 0.339 e. The Kier molecular flexibility index (Phi) is 6.51. The lowest BCUT2D eigenvalue weighted by molar-refractivity contribution is 0.390. The number of hydrogen-bond donors (Lipinski definition) is 1. The van der Waals surface area contributed by atoms with Crippen molar-refractivity contribution >= 4 is 33.1 Å². The maximum absolute atomic E-state index is 12.9. The van der Waals surface area contributed by atoms with Crippen LogP contribution < -0.4 is 14.3 Å². The van der Waals surface area contributed by atoms with Crippen LogP contribution in [0.1, 0.15) is 22.3 Å². The zero-order valence-corrected chi connectivity index (χ0v) is 20.2. The molecule has 0 saturated heterocycles. The molecule has 4 aromatic rings. The molecule has 3 aromatic carbocycles. The summed E-state index contributed by atoms with van der Waals surface area (Å²) in [6.07, 6.45) is 1.59. The van der Waals surface area contributed by atoms with E-state index in [2.05, 4.69) is 15.5 Å². The number of hydrogen-bond acceptors (Lipinski definition) is 7. The molecule has 0 unspecified atom stereocenters. The Labute approximate surface area is 199 Å². The van der Waals surface area contributed by atoms with Crippen LogP contribution in [0.2, 0.25) is 0 Å². The van der Waals surface area contributed by atoms with Crippen LogP contribution in [0.15, 0.2) is 76.7 Å². The molecular formula is C26H25N3O4S. The first-order chi connectivity index (χ1) is 16.3. The highest BCUT2D eigenvalue weighted by atomic mass is 32.2. The van der Waals surface area contributed by atoms with Crippen LogP contribution in [-0.4, -0.2) is 26.7 Å². The van der Waals surface area contributed by atoms with Crippen LogP contribution in [0, 0.1) is 20.8 Å². The predicted molar refractivity (Wildman–Crippen MR) is 134 cm³/mol. The second-order valence-corrected chi connectivity index (χ2v) is 9.44. The SMILES string of the molecule is COc1cc(/C=N/Nc2cc(C)c3ccccc3n2)ccc1OS(=O)(=O)c1cc(C)ccc1C. The second kappa shape index (κ2) is 9.52. The van der Waals surface area contributed by atoms with E-state index < -0.39 is 10.1 Å². The lowest BCUT2D eigenvalue weighted by Gasteiger charge is -2.13. The number of methoxy groups -OCH3 is 1. The average Bonchev–Trinajstić information content (AvgIpc) is 2.81. The summed E-state index contributed by atoms with van der Waals surface area (Å²) in [4.78, 5) is 4.69. The molecule has 174 valence electrons. The first kappa shape index (κ1) is 23.3. The van der Waals surface area contributed by atoms with E-state index in [1.807, 2.05) is 50.2 Å². The predicted octanol–water partition coefficient (Wildman–Crippen LogP) is 5.38. The van der Waals surface area contributed by atoms with E-state index in [-0.39, 0.29) is 16.4 Å². The monoisotopic (exact) mass is 475 g/mol. The zero-order chi connectivity index (χ0) is 24.3. The summed E-state index contributed by atoms with van der Waals surface area (Å²) < 4.78 is 36.5. The number of aryl methyl sites for hydroxylation is 3. The summed E-state index contributed by atoms with van der Waals surface area (Å²) in [6, 6.07) is 19.9. The fraction of sp³-hybridized carbons (Fsp3) is 0.154. The van der Waals surface area contributed by atoms with Crippen molar-refractivity contribution in [2.45, 2.75) is 25.7 Å². The highest BCUT2D eigenvalue weighted by molar-refractivity contribution is 7.87. The largest absolute Gasteiger partial charge is 0.493 e. The van der Waals surface area contributed by atoms with Crippen molar-refractivity contribution in [2.75, 3.05) is 12.5 Å². The van der Waals surface area contributed by atoms with Gasteiger partial charge in [0.05, 0.1) is 18.8 Å². The molecule has 0 amide bonds. The van der Waals surface area contributed by atoms with Gasteiger partial charge in [0.15, 0.2) is 11.5 Å². The number of benzene rings is 3. The number of para-hydroxylation sites is 1. The topological polar surface area (TPSA) is 89.9 Å². The van der Waals surface area contributed by atoms with Gasteiger partial charge in [-0.25, -0.2) is 4.98 Å². The van der Waals surface area contributed by atoms with Crippen molar-refractivity contribution in [3.63, 3.8) is 0 Å². The molecule has 0 aliphatic carbocycles. The fourth-order valence-electron chi connectivity index (χ4n) is 3.55. The number of ether oxygens (including phenoxy) is 1. The highest BCUT2D eigenvalue weighted by Gasteiger charge is 2.21. The van der Waals surface area contributed by atoms with Gasteiger partial charge >= 0.3 is 10.1 Å². The van der Waals surface area contributed by atoms with Crippen LogP contribution in [-0.2, 0) is 10.1 Å². The zero-order valence-electron chi connectivity index (χ0n) is 19.4. The van der Waals surface area contributed by atoms with Gasteiger partial charge in [0.25, 0.3) is 0 Å². The third kappa shape index (κ3) is 5.02. The van der Waals surface area contributed by atoms with Gasteiger partial charge in [-0.2, -0.15) is 13.5 Å². The molecule has 0 aliphatic heterocycles. The van der Waals surface area contributed by atoms with Crippen molar-refractivity contribution in [2.24, 2.45) is 5.10 Å². The average molecular weight is 476 g/mol. The van der Waals surface area contributed by atoms with Gasteiger partial charge in [-0.15, -0.1) is 0 Å². The molecule has 0 aliphatic rings. The standard InChI is InChI=1S/C26H25N3O4S/c1-17-9-10-18(2)25(13-17)34(30,31)33-23-12-11-20(15-24(23)32-4)16-27-29-26-14-19(3)21-7-5-6-8-22(21)28-26/h5-16H,1-4H3,(H,28,29)/b27-16+. The van der Waals surface area contributed by atoms with E-state index >= 15 is 0 Å². The number of anilines is 1. The number of hydrazone groups is 1. The van der Waals surface area contributed by atoms with Crippen molar-refractivity contribution in [3.05, 3.63) is 89.0 Å². The van der Waals surface area contributed by atoms with Crippen molar-refractivity contribution in [1.29, 1.82) is 0 Å². The molecule has 4 rings (SSSR count). The Balaban J connectivity index is 1.53. The van der Waals surface area contributed by atoms with E-state index in [0.717, 1.165) is 22.0 Å². The first-order valence-electron chi connectivity index (χ1n) is 10.6. The van der Waals surface area contributed by atoms with E-state index in [1.54, 1.807) is 43.5 Å². The molecule has 1 heterocycles. The minimum Gasteiger partial charge on any atom is -0.493 e. The summed E-state index contributed by atoms with van der Waals surface area (Å²) in [5.41, 5.74) is 7.05. The molecule has 0 radical (unpaired) electrons. The number of pyridine rings is 1. The molecule has 0 atom stereocenters. The maximum atomic E-state index is 12.9. The number of aromatic nitrogens is 1. The van der Waals surface area contributed by atoms with E-state index in [1.165, 1.54) is 7.11 Å². The Bertz CT molecular complexity index is 1500. The lowest BCUT2D eigenvalue weighted by atomic mass is 10.1. The quantitative estimate of drug-likeness (QED) is 0.219. The summed E-state index contributed by atoms with van der Waals surface area (Å²) in [5, 5.41) is 5.35. The van der Waals surface area contributed by atoms with Gasteiger partial charge in [0, 0.05) is 5.39 Å². The molecule has 1 N–H and O–H groups in total. The second-order valence-electron chi connectivity index (χ2n) is 7.93. The minimum atomic E-state index is -4.02. The molecule has 0 fully saturated rings. The Hall–Kier alpha value is -3.91. The summed E-state index contributed by atoms with van der Waals surface area (Å²) in [7, 11) is -2.57. The van der Waals surface area contributed by atoms with Gasteiger partial charge in [-0.05, 0) is 79.4 Å². The van der Waals surface area contributed by atoms with Crippen LogP contribution >= 0.6 is 0 Å². The summed E-state index contributed by atoms with van der Waals surface area (Å²) in [6.45, 7) is 5.58. The molecule has 7 nitrogen and oxygen atoms in total. The van der Waals surface area contributed by atoms with Gasteiger partial charge in [-0.1, -0.05) is 30.3 Å². The van der Waals surface area contributed by atoms with Crippen LogP contribution in [0.4, 0.5) is 5.82 Å². The number of nitrogens with one attached hydrogen (secondary N) is 1. The number of fused-ring (bicyclic) bond motifs is 1. The van der Waals surface area contributed by atoms with Gasteiger partial charge in [0.1, 0.15) is 10.7 Å². The van der Waals surface area contributed by atoms with Gasteiger partial charge in [0.2, 0.25) is 0 Å². The molecule has 0 bridgehead atoms. The molecule has 8 heteroatoms. The van der Waals surface area contributed by atoms with Gasteiger partial charge in [-0.3, -0.25) is 5.43 Å². The molecule has 34 heavy (non-hydrogen) atoms. The maximum Gasteiger partial charge on any atom is 0.339 e. The molecular weight excluding hydrogens is 450 g/mol. The van der Waals surface area contributed by atoms with Crippen molar-refractivity contribution in [3.8, 4) is 11.5 Å². The molecule has 0 spiro atoms. The lowest BCUT2D eigenvalue weighted by Crippen LogP contribution is -2.12. The first-order valence-corrected chi connectivity index (χ1v) is 12.0. The fourth-order valence-corrected chi connectivity index (χ4v) is 4.81. The summed E-state index contributed by atoms with van der Waals surface area (Å²) >= 11 is 0. The molecule has 1 aromatic heterocycles. The minimum absolute atomic E-state index is 0.0975. The normalized spacial score (nSPS) is 11.6. The number of nitrogens with zero attached hydrogens (tertiary/aromatic N) is 2. The molecule has 0 saturated carbocycles. The van der Waals surface area contributed by atoms with Crippen LogP contribution in [0.5, 0.6) is 11.5 Å². The van der Waals surface area contributed by atoms with E-state index in [0.29, 0.717) is 16.9 Å². The Morgan fingerprint density at radius 1 is 0.912 bits per heavy atom. The van der Waals surface area contributed by atoms with Crippen LogP contribution in [0.25, 0.3) is 10.9 Å². The third-order valence-electron chi connectivity index (χ3n) is 5.32. The Morgan fingerprint density at radius 3 is 2.50 bits per heavy atom. The van der Waals surface area contributed by atoms with E-state index in [4.69, 9.17) is 8.92 Å². The number of rotatable bonds is 7. The van der Waals surface area contributed by atoms with Crippen LogP contribution in [0.3, 0.4) is 0 Å². The van der Waals surface area contributed by atoms with E-state index in [9.17, 15) is 8.42 Å².